The smallest absolute Gasteiger partial charge is 0.331 e. The quantitative estimate of drug-likeness (QED) is 0.535. The van der Waals surface area contributed by atoms with Gasteiger partial charge in [0, 0.05) is 12.2 Å². The van der Waals surface area contributed by atoms with Crippen LogP contribution in [0, 0.1) is 5.92 Å². The normalized spacial score (nSPS) is 13.6. The number of carboxylic acid groups (broad SMARTS) is 1. The number of esters is 1. The highest BCUT2D eigenvalue weighted by atomic mass is 16.6. The van der Waals surface area contributed by atoms with E-state index in [-0.39, 0.29) is 0 Å². The van der Waals surface area contributed by atoms with E-state index in [1.165, 1.54) is 6.42 Å². The van der Waals surface area contributed by atoms with E-state index in [0.717, 1.165) is 31.4 Å². The van der Waals surface area contributed by atoms with Gasteiger partial charge in [-0.05, 0) is 26.2 Å². The molecular weight excluding hydrogens is 232 g/mol. The van der Waals surface area contributed by atoms with Gasteiger partial charge in [-0.2, -0.15) is 0 Å². The second-order valence-corrected chi connectivity index (χ2v) is 5.30. The highest BCUT2D eigenvalue weighted by molar-refractivity contribution is 5.90. The third kappa shape index (κ3) is 8.79. The second kappa shape index (κ2) is 7.90. The number of hydrogen-bond donors (Lipinski definition) is 1. The van der Waals surface area contributed by atoms with E-state index < -0.39 is 17.5 Å². The van der Waals surface area contributed by atoms with Crippen molar-refractivity contribution in [2.75, 3.05) is 0 Å². The SMILES string of the molecule is CCCCC(C)CC(C)(C)OC(=O)/C=C\C(=O)O. The molecule has 0 bridgehead atoms. The monoisotopic (exact) mass is 256 g/mol. The van der Waals surface area contributed by atoms with Crippen LogP contribution in [0.25, 0.3) is 0 Å². The Morgan fingerprint density at radius 1 is 1.33 bits per heavy atom. The molecule has 0 saturated carbocycles. The Hall–Kier alpha value is -1.32. The Morgan fingerprint density at radius 3 is 2.44 bits per heavy atom. The molecule has 0 aliphatic rings. The van der Waals surface area contributed by atoms with Crippen LogP contribution in [0.15, 0.2) is 12.2 Å². The van der Waals surface area contributed by atoms with Gasteiger partial charge in [-0.25, -0.2) is 9.59 Å². The van der Waals surface area contributed by atoms with Crippen molar-refractivity contribution in [1.82, 2.24) is 0 Å². The predicted molar refractivity (Wildman–Crippen MR) is 70.3 cm³/mol. The van der Waals surface area contributed by atoms with Crippen molar-refractivity contribution >= 4 is 11.9 Å². The van der Waals surface area contributed by atoms with Crippen LogP contribution in [0.1, 0.15) is 53.4 Å². The van der Waals surface area contributed by atoms with Gasteiger partial charge in [0.25, 0.3) is 0 Å². The molecule has 0 aliphatic carbocycles. The van der Waals surface area contributed by atoms with Crippen molar-refractivity contribution in [3.63, 3.8) is 0 Å². The van der Waals surface area contributed by atoms with Crippen molar-refractivity contribution in [2.24, 2.45) is 5.92 Å². The molecule has 1 unspecified atom stereocenters. The zero-order chi connectivity index (χ0) is 14.2. The molecule has 0 amide bonds. The van der Waals surface area contributed by atoms with Gasteiger partial charge in [0.15, 0.2) is 0 Å². The highest BCUT2D eigenvalue weighted by Gasteiger charge is 2.24. The molecule has 18 heavy (non-hydrogen) atoms. The third-order valence-corrected chi connectivity index (χ3v) is 2.63. The van der Waals surface area contributed by atoms with E-state index in [1.54, 1.807) is 0 Å². The summed E-state index contributed by atoms with van der Waals surface area (Å²) in [5.74, 6) is -1.28. The largest absolute Gasteiger partial charge is 0.478 e. The molecule has 0 aromatic carbocycles. The molecule has 0 aromatic rings. The van der Waals surface area contributed by atoms with Gasteiger partial charge < -0.3 is 9.84 Å². The summed E-state index contributed by atoms with van der Waals surface area (Å²) in [6, 6.07) is 0. The molecule has 1 atom stereocenters. The molecule has 0 heterocycles. The first-order valence-corrected chi connectivity index (χ1v) is 6.41. The molecule has 4 heteroatoms. The maximum absolute atomic E-state index is 11.4. The minimum atomic E-state index is -1.15. The highest BCUT2D eigenvalue weighted by Crippen LogP contribution is 2.24. The third-order valence-electron chi connectivity index (χ3n) is 2.63. The maximum atomic E-state index is 11.4. The molecule has 0 aromatic heterocycles. The number of aliphatic carboxylic acids is 1. The Labute approximate surface area is 109 Å². The molecule has 4 nitrogen and oxygen atoms in total. The van der Waals surface area contributed by atoms with E-state index in [9.17, 15) is 9.59 Å². The lowest BCUT2D eigenvalue weighted by atomic mass is 9.91. The molecule has 0 spiro atoms. The van der Waals surface area contributed by atoms with E-state index in [4.69, 9.17) is 9.84 Å². The number of rotatable bonds is 8. The first-order valence-electron chi connectivity index (χ1n) is 6.41. The summed E-state index contributed by atoms with van der Waals surface area (Å²) in [7, 11) is 0. The fraction of sp³-hybridized carbons (Fsp3) is 0.714. The van der Waals surface area contributed by atoms with Crippen LogP contribution in [0.3, 0.4) is 0 Å². The summed E-state index contributed by atoms with van der Waals surface area (Å²) in [6.07, 6.45) is 5.96. The molecule has 0 fully saturated rings. The Balaban J connectivity index is 4.20. The molecular formula is C14H24O4. The number of hydrogen-bond acceptors (Lipinski definition) is 3. The van der Waals surface area contributed by atoms with Gasteiger partial charge in [-0.15, -0.1) is 0 Å². The summed E-state index contributed by atoms with van der Waals surface area (Å²) < 4.78 is 5.25. The first-order chi connectivity index (χ1) is 8.26. The summed E-state index contributed by atoms with van der Waals surface area (Å²) in [6.45, 7) is 7.98. The summed E-state index contributed by atoms with van der Waals surface area (Å²) >= 11 is 0. The fourth-order valence-electron chi connectivity index (χ4n) is 1.98. The van der Waals surface area contributed by atoms with Crippen molar-refractivity contribution in [3.8, 4) is 0 Å². The molecule has 0 aliphatic heterocycles. The number of unbranched alkanes of at least 4 members (excludes halogenated alkanes) is 1. The van der Waals surface area contributed by atoms with Crippen LogP contribution in [0.5, 0.6) is 0 Å². The predicted octanol–water partition coefficient (Wildman–Crippen LogP) is 3.17. The zero-order valence-electron chi connectivity index (χ0n) is 11.7. The lowest BCUT2D eigenvalue weighted by Gasteiger charge is -2.27. The Bertz CT molecular complexity index is 305. The van der Waals surface area contributed by atoms with Crippen LogP contribution < -0.4 is 0 Å². The molecule has 0 saturated heterocycles. The van der Waals surface area contributed by atoms with Crippen LogP contribution >= 0.6 is 0 Å². The zero-order valence-corrected chi connectivity index (χ0v) is 11.7. The number of carboxylic acids is 1. The Morgan fingerprint density at radius 2 is 1.94 bits per heavy atom. The lowest BCUT2D eigenvalue weighted by Crippen LogP contribution is -2.29. The van der Waals surface area contributed by atoms with Crippen molar-refractivity contribution in [1.29, 1.82) is 0 Å². The van der Waals surface area contributed by atoms with Crippen molar-refractivity contribution in [3.05, 3.63) is 12.2 Å². The summed E-state index contributed by atoms with van der Waals surface area (Å²) in [5, 5.41) is 8.41. The van der Waals surface area contributed by atoms with Crippen molar-refractivity contribution < 1.29 is 19.4 Å². The summed E-state index contributed by atoms with van der Waals surface area (Å²) in [4.78, 5) is 21.7. The summed E-state index contributed by atoms with van der Waals surface area (Å²) in [5.41, 5.74) is -0.562. The minimum absolute atomic E-state index is 0.483. The lowest BCUT2D eigenvalue weighted by molar-refractivity contribution is -0.152. The maximum Gasteiger partial charge on any atom is 0.331 e. The van der Waals surface area contributed by atoms with Gasteiger partial charge in [0.1, 0.15) is 5.60 Å². The number of carbonyl (C=O) groups is 2. The van der Waals surface area contributed by atoms with Gasteiger partial charge in [0.2, 0.25) is 0 Å². The van der Waals surface area contributed by atoms with Crippen LogP contribution in [-0.4, -0.2) is 22.6 Å². The fourth-order valence-corrected chi connectivity index (χ4v) is 1.98. The van der Waals surface area contributed by atoms with Crippen LogP contribution in [-0.2, 0) is 14.3 Å². The van der Waals surface area contributed by atoms with E-state index in [2.05, 4.69) is 13.8 Å². The molecule has 1 N–H and O–H groups in total. The number of carbonyl (C=O) groups excluding carboxylic acids is 1. The Kier molecular flexibility index (Phi) is 7.32. The van der Waals surface area contributed by atoms with Crippen LogP contribution in [0.4, 0.5) is 0 Å². The molecule has 104 valence electrons. The van der Waals surface area contributed by atoms with E-state index >= 15 is 0 Å². The molecule has 0 radical (unpaired) electrons. The standard InChI is InChI=1S/C14H24O4/c1-5-6-7-11(2)10-14(3,4)18-13(17)9-8-12(15)16/h8-9,11H,5-7,10H2,1-4H3,(H,15,16)/b9-8-. The topological polar surface area (TPSA) is 63.6 Å². The van der Waals surface area contributed by atoms with Gasteiger partial charge in [0.05, 0.1) is 0 Å². The van der Waals surface area contributed by atoms with Crippen molar-refractivity contribution in [2.45, 2.75) is 59.0 Å². The van der Waals surface area contributed by atoms with Gasteiger partial charge >= 0.3 is 11.9 Å². The minimum Gasteiger partial charge on any atom is -0.478 e. The van der Waals surface area contributed by atoms with E-state index in [0.29, 0.717) is 5.92 Å². The van der Waals surface area contributed by atoms with Crippen LogP contribution in [0.2, 0.25) is 0 Å². The second-order valence-electron chi connectivity index (χ2n) is 5.30. The molecule has 0 rings (SSSR count). The van der Waals surface area contributed by atoms with Gasteiger partial charge in [-0.1, -0.05) is 33.1 Å². The van der Waals surface area contributed by atoms with Gasteiger partial charge in [-0.3, -0.25) is 0 Å². The first kappa shape index (κ1) is 16.7. The van der Waals surface area contributed by atoms with E-state index in [1.807, 2.05) is 13.8 Å². The average Bonchev–Trinajstić information content (AvgIpc) is 2.22. The number of ether oxygens (including phenoxy) is 1. The average molecular weight is 256 g/mol.